The van der Waals surface area contributed by atoms with Crippen LogP contribution in [0.4, 0.5) is 5.95 Å². The number of nitrogens with two attached hydrogens (primary N) is 1. The maximum absolute atomic E-state index is 11.8. The summed E-state index contributed by atoms with van der Waals surface area (Å²) in [7, 11) is 0. The molecule has 2 heterocycles. The summed E-state index contributed by atoms with van der Waals surface area (Å²) in [6.45, 7) is 0.599. The van der Waals surface area contributed by atoms with Gasteiger partial charge >= 0.3 is 0 Å². The number of imidazole rings is 1. The van der Waals surface area contributed by atoms with Crippen LogP contribution in [0.1, 0.15) is 5.56 Å². The molecule has 9 nitrogen and oxygen atoms in total. The van der Waals surface area contributed by atoms with Gasteiger partial charge in [0.05, 0.1) is 32.7 Å². The number of nitrogens with one attached hydrogen (secondary N) is 1. The van der Waals surface area contributed by atoms with E-state index < -0.39 is 11.8 Å². The van der Waals surface area contributed by atoms with Gasteiger partial charge in [-0.25, -0.2) is 4.98 Å². The highest BCUT2D eigenvalue weighted by Gasteiger charge is 2.15. The first-order valence-corrected chi connectivity index (χ1v) is 7.76. The van der Waals surface area contributed by atoms with E-state index >= 15 is 0 Å². The summed E-state index contributed by atoms with van der Waals surface area (Å²) in [5, 5.41) is 9.00. The molecule has 25 heavy (non-hydrogen) atoms. The molecule has 0 spiro atoms. The molecule has 0 amide bonds. The highest BCUT2D eigenvalue weighted by Crippen LogP contribution is 2.11. The van der Waals surface area contributed by atoms with Crippen molar-refractivity contribution in [2.45, 2.75) is 19.4 Å². The van der Waals surface area contributed by atoms with Crippen LogP contribution in [0.25, 0.3) is 11.2 Å². The molecule has 0 aliphatic carbocycles. The first-order valence-electron chi connectivity index (χ1n) is 7.76. The number of fused-ring (bicyclic) bond motifs is 1. The molecular weight excluding hydrogens is 326 g/mol. The third-order valence-corrected chi connectivity index (χ3v) is 3.51. The van der Waals surface area contributed by atoms with Crippen LogP contribution in [0.2, 0.25) is 0 Å². The summed E-state index contributed by atoms with van der Waals surface area (Å²) >= 11 is 0. The normalized spacial score (nSPS) is 12.5. The maximum Gasteiger partial charge on any atom is 0.280 e. The molecule has 2 aromatic heterocycles. The van der Waals surface area contributed by atoms with Gasteiger partial charge in [-0.3, -0.25) is 9.78 Å². The number of nitrogens with zero attached hydrogens (tertiary/aromatic N) is 3. The summed E-state index contributed by atoms with van der Waals surface area (Å²) in [5.74, 6) is 0.0114. The molecule has 0 bridgehead atoms. The van der Waals surface area contributed by atoms with Gasteiger partial charge in [0.15, 0.2) is 17.5 Å². The highest BCUT2D eigenvalue weighted by atomic mass is 16.7. The van der Waals surface area contributed by atoms with Crippen LogP contribution in [0.5, 0.6) is 0 Å². The molecule has 0 fully saturated rings. The van der Waals surface area contributed by atoms with Crippen LogP contribution in [0.3, 0.4) is 0 Å². The molecule has 9 heteroatoms. The molecule has 3 rings (SSSR count). The predicted octanol–water partition coefficient (Wildman–Crippen LogP) is 0.254. The molecule has 4 N–H and O–H groups in total. The quantitative estimate of drug-likeness (QED) is 0.499. The summed E-state index contributed by atoms with van der Waals surface area (Å²) in [5.41, 5.74) is 6.73. The zero-order chi connectivity index (χ0) is 17.6. The van der Waals surface area contributed by atoms with E-state index in [9.17, 15) is 4.79 Å². The SMILES string of the molecule is Nc1nc2c(ncn2CC(OCCO)OCc2ccccc2)c(=O)[nH]1. The first-order chi connectivity index (χ1) is 12.2. The Hall–Kier alpha value is -2.75. The van der Waals surface area contributed by atoms with Gasteiger partial charge < -0.3 is 24.9 Å². The number of H-pyrrole nitrogens is 1. The van der Waals surface area contributed by atoms with Crippen LogP contribution in [0.15, 0.2) is 41.5 Å². The lowest BCUT2D eigenvalue weighted by atomic mass is 10.2. The van der Waals surface area contributed by atoms with Crippen molar-refractivity contribution in [3.05, 3.63) is 52.6 Å². The molecule has 0 aliphatic heterocycles. The van der Waals surface area contributed by atoms with E-state index in [0.717, 1.165) is 5.56 Å². The van der Waals surface area contributed by atoms with Gasteiger partial charge in [0.1, 0.15) is 0 Å². The number of ether oxygens (including phenoxy) is 2. The number of rotatable bonds is 8. The molecule has 1 unspecified atom stereocenters. The molecule has 132 valence electrons. The molecular formula is C16H19N5O4. The Morgan fingerprint density at radius 2 is 2.08 bits per heavy atom. The minimum absolute atomic E-state index is 0.0114. The lowest BCUT2D eigenvalue weighted by molar-refractivity contribution is -0.161. The molecule has 0 radical (unpaired) electrons. The molecule has 0 aliphatic rings. The van der Waals surface area contributed by atoms with Crippen molar-refractivity contribution in [1.29, 1.82) is 0 Å². The van der Waals surface area contributed by atoms with Gasteiger partial charge in [0.25, 0.3) is 5.56 Å². The fraction of sp³-hybridized carbons (Fsp3) is 0.312. The average Bonchev–Trinajstić information content (AvgIpc) is 3.01. The largest absolute Gasteiger partial charge is 0.394 e. The Labute approximate surface area is 143 Å². The van der Waals surface area contributed by atoms with E-state index in [4.69, 9.17) is 20.3 Å². The predicted molar refractivity (Wildman–Crippen MR) is 90.6 cm³/mol. The summed E-state index contributed by atoms with van der Waals surface area (Å²) < 4.78 is 12.9. The zero-order valence-corrected chi connectivity index (χ0v) is 13.5. The van der Waals surface area contributed by atoms with E-state index in [-0.39, 0.29) is 31.2 Å². The maximum atomic E-state index is 11.8. The van der Waals surface area contributed by atoms with E-state index in [1.807, 2.05) is 30.3 Å². The number of anilines is 1. The fourth-order valence-corrected chi connectivity index (χ4v) is 2.37. The summed E-state index contributed by atoms with van der Waals surface area (Å²) in [4.78, 5) is 22.4. The highest BCUT2D eigenvalue weighted by molar-refractivity contribution is 5.70. The third-order valence-electron chi connectivity index (χ3n) is 3.51. The number of aromatic nitrogens is 4. The average molecular weight is 345 g/mol. The zero-order valence-electron chi connectivity index (χ0n) is 13.5. The Balaban J connectivity index is 1.77. The number of benzene rings is 1. The Bertz CT molecular complexity index is 877. The molecule has 1 atom stereocenters. The van der Waals surface area contributed by atoms with E-state index in [2.05, 4.69) is 15.0 Å². The van der Waals surface area contributed by atoms with E-state index in [1.54, 1.807) is 4.57 Å². The van der Waals surface area contributed by atoms with Gasteiger partial charge in [-0.05, 0) is 5.56 Å². The van der Waals surface area contributed by atoms with Crippen LogP contribution < -0.4 is 11.3 Å². The van der Waals surface area contributed by atoms with Crippen molar-refractivity contribution in [2.24, 2.45) is 0 Å². The van der Waals surface area contributed by atoms with E-state index in [0.29, 0.717) is 12.3 Å². The summed E-state index contributed by atoms with van der Waals surface area (Å²) in [6, 6.07) is 9.65. The lowest BCUT2D eigenvalue weighted by Crippen LogP contribution is -2.25. The van der Waals surface area contributed by atoms with Crippen molar-refractivity contribution in [2.75, 3.05) is 18.9 Å². The third kappa shape index (κ3) is 4.21. The molecule has 3 aromatic rings. The molecule has 0 saturated carbocycles. The Morgan fingerprint density at radius 3 is 2.84 bits per heavy atom. The standard InChI is InChI=1S/C16H19N5O4/c17-16-19-14-13(15(23)20-16)18-10-21(14)8-12(24-7-6-22)25-9-11-4-2-1-3-5-11/h1-5,10,12,22H,6-9H2,(H3,17,19,20,23). The first kappa shape index (κ1) is 17.1. The van der Waals surface area contributed by atoms with Gasteiger partial charge in [0.2, 0.25) is 5.95 Å². The van der Waals surface area contributed by atoms with Crippen LogP contribution in [-0.4, -0.2) is 44.1 Å². The van der Waals surface area contributed by atoms with Gasteiger partial charge in [-0.15, -0.1) is 0 Å². The van der Waals surface area contributed by atoms with Crippen molar-refractivity contribution in [1.82, 2.24) is 19.5 Å². The monoisotopic (exact) mass is 345 g/mol. The minimum Gasteiger partial charge on any atom is -0.394 e. The van der Waals surface area contributed by atoms with Crippen LogP contribution in [0, 0.1) is 0 Å². The fourth-order valence-electron chi connectivity index (χ4n) is 2.37. The number of aliphatic hydroxyl groups is 1. The van der Waals surface area contributed by atoms with Gasteiger partial charge in [-0.2, -0.15) is 4.98 Å². The second-order valence-electron chi connectivity index (χ2n) is 5.34. The van der Waals surface area contributed by atoms with Crippen molar-refractivity contribution in [3.8, 4) is 0 Å². The topological polar surface area (TPSA) is 128 Å². The van der Waals surface area contributed by atoms with Gasteiger partial charge in [0, 0.05) is 0 Å². The van der Waals surface area contributed by atoms with Crippen molar-refractivity contribution >= 4 is 17.1 Å². The van der Waals surface area contributed by atoms with Crippen LogP contribution in [-0.2, 0) is 22.6 Å². The second-order valence-corrected chi connectivity index (χ2v) is 5.34. The minimum atomic E-state index is -0.646. The Morgan fingerprint density at radius 1 is 1.28 bits per heavy atom. The number of aliphatic hydroxyl groups excluding tert-OH is 1. The van der Waals surface area contributed by atoms with Crippen molar-refractivity contribution in [3.63, 3.8) is 0 Å². The van der Waals surface area contributed by atoms with Crippen molar-refractivity contribution < 1.29 is 14.6 Å². The lowest BCUT2D eigenvalue weighted by Gasteiger charge is -2.19. The second kappa shape index (κ2) is 7.88. The molecule has 0 saturated heterocycles. The number of hydrogen-bond donors (Lipinski definition) is 3. The van der Waals surface area contributed by atoms with Gasteiger partial charge in [-0.1, -0.05) is 30.3 Å². The smallest absolute Gasteiger partial charge is 0.280 e. The number of aromatic amines is 1. The molecule has 1 aromatic carbocycles. The van der Waals surface area contributed by atoms with E-state index in [1.165, 1.54) is 6.33 Å². The summed E-state index contributed by atoms with van der Waals surface area (Å²) in [6.07, 6.45) is 0.833. The van der Waals surface area contributed by atoms with Crippen LogP contribution >= 0.6 is 0 Å². The Kier molecular flexibility index (Phi) is 5.39. The number of hydrogen-bond acceptors (Lipinski definition) is 7. The number of nitrogen functional groups attached to an aromatic ring is 1.